The molecule has 0 bridgehead atoms. The smallest absolute Gasteiger partial charge is 0.292 e. The number of nitrogens with zero attached hydrogens (tertiary/aromatic N) is 4. The average Bonchev–Trinajstić information content (AvgIpc) is 3.05. The van der Waals surface area contributed by atoms with Crippen molar-refractivity contribution < 1.29 is 8.42 Å². The number of halogens is 1. The summed E-state index contributed by atoms with van der Waals surface area (Å²) in [5.74, 6) is 0. The molecular formula is C26H15ClN4O2S. The lowest BCUT2D eigenvalue weighted by Crippen LogP contribution is -2.03. The SMILES string of the molecule is [C-]#[N+]C(C#N)C1=C(/C=C/C=C(C#N)/C(=C(/C)C#N)c2ccccc2)S(=O)(=O)c2cc(Cl)ccc21. The molecule has 0 aromatic heterocycles. The van der Waals surface area contributed by atoms with Crippen LogP contribution in [0, 0.1) is 40.6 Å². The van der Waals surface area contributed by atoms with Crippen molar-refractivity contribution in [2.75, 3.05) is 0 Å². The van der Waals surface area contributed by atoms with Crippen molar-refractivity contribution in [3.8, 4) is 18.2 Å². The van der Waals surface area contributed by atoms with E-state index < -0.39 is 15.9 Å². The minimum absolute atomic E-state index is 0.0688. The summed E-state index contributed by atoms with van der Waals surface area (Å²) in [5, 5.41) is 28.9. The molecule has 8 heteroatoms. The van der Waals surface area contributed by atoms with Gasteiger partial charge in [-0.3, -0.25) is 4.85 Å². The molecule has 0 saturated carbocycles. The van der Waals surface area contributed by atoms with Crippen LogP contribution in [-0.2, 0) is 9.84 Å². The number of allylic oxidation sites excluding steroid dienone is 6. The van der Waals surface area contributed by atoms with Gasteiger partial charge in [0.2, 0.25) is 9.84 Å². The van der Waals surface area contributed by atoms with Crippen molar-refractivity contribution in [1.82, 2.24) is 0 Å². The summed E-state index contributed by atoms with van der Waals surface area (Å²) in [4.78, 5) is 2.99. The van der Waals surface area contributed by atoms with E-state index in [2.05, 4.69) is 17.0 Å². The molecule has 0 N–H and O–H groups in total. The minimum Gasteiger partial charge on any atom is -0.292 e. The average molecular weight is 483 g/mol. The van der Waals surface area contributed by atoms with Crippen LogP contribution >= 0.6 is 11.6 Å². The van der Waals surface area contributed by atoms with E-state index >= 15 is 0 Å². The maximum absolute atomic E-state index is 13.2. The summed E-state index contributed by atoms with van der Waals surface area (Å²) in [6, 6.07) is 17.8. The van der Waals surface area contributed by atoms with E-state index in [1.807, 2.05) is 12.1 Å². The Balaban J connectivity index is 2.19. The molecule has 6 nitrogen and oxygen atoms in total. The first kappa shape index (κ1) is 24.2. The predicted octanol–water partition coefficient (Wildman–Crippen LogP) is 5.65. The van der Waals surface area contributed by atoms with Gasteiger partial charge in [-0.25, -0.2) is 15.0 Å². The largest absolute Gasteiger partial charge is 0.334 e. The molecule has 0 spiro atoms. The Morgan fingerprint density at radius 2 is 1.82 bits per heavy atom. The van der Waals surface area contributed by atoms with Crippen LogP contribution < -0.4 is 0 Å². The van der Waals surface area contributed by atoms with E-state index in [1.165, 1.54) is 36.4 Å². The number of rotatable bonds is 5. The van der Waals surface area contributed by atoms with Gasteiger partial charge in [0.1, 0.15) is 0 Å². The molecular weight excluding hydrogens is 468 g/mol. The normalized spacial score (nSPS) is 16.0. The zero-order chi connectivity index (χ0) is 24.9. The first-order valence-corrected chi connectivity index (χ1v) is 11.7. The third kappa shape index (κ3) is 4.40. The van der Waals surface area contributed by atoms with E-state index in [4.69, 9.17) is 18.2 Å². The van der Waals surface area contributed by atoms with Gasteiger partial charge in [0.25, 0.3) is 0 Å². The van der Waals surface area contributed by atoms with E-state index in [-0.39, 0.29) is 31.5 Å². The lowest BCUT2D eigenvalue weighted by Gasteiger charge is -2.07. The van der Waals surface area contributed by atoms with Crippen molar-refractivity contribution in [1.29, 1.82) is 15.8 Å². The molecule has 0 radical (unpaired) electrons. The molecule has 1 heterocycles. The second kappa shape index (κ2) is 10.0. The fourth-order valence-corrected chi connectivity index (χ4v) is 5.59. The summed E-state index contributed by atoms with van der Waals surface area (Å²) >= 11 is 5.99. The third-order valence-corrected chi connectivity index (χ3v) is 7.20. The Hall–Kier alpha value is -4.40. The molecule has 164 valence electrons. The first-order valence-electron chi connectivity index (χ1n) is 9.80. The Kier molecular flexibility index (Phi) is 7.15. The standard InChI is InChI=1S/C26H15ClN4O2S/c1-17(14-28)25(18-7-4-3-5-8-18)19(15-29)9-6-10-23-26(22(16-30)31-2)21-12-11-20(27)13-24(21)34(23,32)33/h3-13,22H,1H3/b10-6+,19-9+,25-17-. The lowest BCUT2D eigenvalue weighted by atomic mass is 9.94. The van der Waals surface area contributed by atoms with Crippen molar-refractivity contribution in [2.24, 2.45) is 0 Å². The van der Waals surface area contributed by atoms with E-state index in [0.717, 1.165) is 0 Å². The summed E-state index contributed by atoms with van der Waals surface area (Å²) < 4.78 is 26.4. The summed E-state index contributed by atoms with van der Waals surface area (Å²) in [6.07, 6.45) is 4.03. The Morgan fingerprint density at radius 3 is 2.41 bits per heavy atom. The highest BCUT2D eigenvalue weighted by atomic mass is 35.5. The molecule has 2 aromatic rings. The van der Waals surface area contributed by atoms with Crippen LogP contribution in [0.3, 0.4) is 0 Å². The number of benzene rings is 2. The Labute approximate surface area is 203 Å². The summed E-state index contributed by atoms with van der Waals surface area (Å²) in [6.45, 7) is 8.94. The molecule has 0 fully saturated rings. The fraction of sp³-hybridized carbons (Fsp3) is 0.0769. The van der Waals surface area contributed by atoms with Crippen LogP contribution in [0.25, 0.3) is 16.0 Å². The molecule has 1 atom stereocenters. The summed E-state index contributed by atoms with van der Waals surface area (Å²) in [7, 11) is -4.04. The van der Waals surface area contributed by atoms with Gasteiger partial charge in [0.15, 0.2) is 6.07 Å². The molecule has 0 amide bonds. The maximum Gasteiger partial charge on any atom is 0.334 e. The molecule has 3 rings (SSSR count). The fourth-order valence-electron chi connectivity index (χ4n) is 3.60. The van der Waals surface area contributed by atoms with Crippen LogP contribution in [0.15, 0.2) is 87.7 Å². The number of sulfone groups is 1. The molecule has 1 unspecified atom stereocenters. The minimum atomic E-state index is -4.04. The lowest BCUT2D eigenvalue weighted by molar-refractivity contribution is 0.604. The van der Waals surface area contributed by atoms with Crippen LogP contribution in [0.2, 0.25) is 5.02 Å². The highest BCUT2D eigenvalue weighted by Crippen LogP contribution is 2.43. The number of fused-ring (bicyclic) bond motifs is 1. The van der Waals surface area contributed by atoms with Gasteiger partial charge in [0.05, 0.1) is 33.1 Å². The highest BCUT2D eigenvalue weighted by Gasteiger charge is 2.40. The first-order chi connectivity index (χ1) is 16.3. The summed E-state index contributed by atoms with van der Waals surface area (Å²) in [5.41, 5.74) is 1.88. The number of hydrogen-bond acceptors (Lipinski definition) is 5. The monoisotopic (exact) mass is 482 g/mol. The van der Waals surface area contributed by atoms with Crippen molar-refractivity contribution in [3.63, 3.8) is 0 Å². The third-order valence-electron chi connectivity index (χ3n) is 5.11. The van der Waals surface area contributed by atoms with Gasteiger partial charge in [0, 0.05) is 21.7 Å². The van der Waals surface area contributed by atoms with Crippen molar-refractivity contribution >= 4 is 32.6 Å². The predicted molar refractivity (Wildman–Crippen MR) is 129 cm³/mol. The van der Waals surface area contributed by atoms with Crippen molar-refractivity contribution in [2.45, 2.75) is 17.9 Å². The van der Waals surface area contributed by atoms with Crippen molar-refractivity contribution in [3.05, 3.63) is 110 Å². The Morgan fingerprint density at radius 1 is 1.12 bits per heavy atom. The Bertz CT molecular complexity index is 1560. The second-order valence-electron chi connectivity index (χ2n) is 7.11. The van der Waals surface area contributed by atoms with Gasteiger partial charge in [-0.05, 0) is 36.8 Å². The van der Waals surface area contributed by atoms with Gasteiger partial charge in [-0.15, -0.1) is 0 Å². The molecule has 1 aliphatic heterocycles. The zero-order valence-electron chi connectivity index (χ0n) is 17.8. The van der Waals surface area contributed by atoms with Crippen LogP contribution in [0.5, 0.6) is 0 Å². The van der Waals surface area contributed by atoms with E-state index in [0.29, 0.717) is 16.7 Å². The van der Waals surface area contributed by atoms with E-state index in [9.17, 15) is 24.2 Å². The topological polar surface area (TPSA) is 110 Å². The van der Waals surface area contributed by atoms with Gasteiger partial charge in [-0.2, -0.15) is 15.8 Å². The van der Waals surface area contributed by atoms with Crippen LogP contribution in [0.4, 0.5) is 0 Å². The number of hydrogen-bond donors (Lipinski definition) is 0. The molecule has 2 aromatic carbocycles. The van der Waals surface area contributed by atoms with Gasteiger partial charge >= 0.3 is 6.04 Å². The van der Waals surface area contributed by atoms with Crippen LogP contribution in [-0.4, -0.2) is 14.5 Å². The van der Waals surface area contributed by atoms with Crippen LogP contribution in [0.1, 0.15) is 18.1 Å². The van der Waals surface area contributed by atoms with Gasteiger partial charge < -0.3 is 0 Å². The molecule has 0 saturated heterocycles. The van der Waals surface area contributed by atoms with E-state index in [1.54, 1.807) is 31.2 Å². The molecule has 34 heavy (non-hydrogen) atoms. The number of nitriles is 3. The molecule has 1 aliphatic rings. The quantitative estimate of drug-likeness (QED) is 0.310. The zero-order valence-corrected chi connectivity index (χ0v) is 19.4. The second-order valence-corrected chi connectivity index (χ2v) is 9.43. The maximum atomic E-state index is 13.2. The van der Waals surface area contributed by atoms with Gasteiger partial charge in [-0.1, -0.05) is 54.1 Å². The highest BCUT2D eigenvalue weighted by molar-refractivity contribution is 7.96. The molecule has 0 aliphatic carbocycles.